The van der Waals surface area contributed by atoms with Crippen LogP contribution in [0, 0.1) is 0 Å². The quantitative estimate of drug-likeness (QED) is 0.841. The van der Waals surface area contributed by atoms with Gasteiger partial charge in [0, 0.05) is 13.1 Å². The topological polar surface area (TPSA) is 82.6 Å². The molecule has 0 atom stereocenters. The highest BCUT2D eigenvalue weighted by Crippen LogP contribution is 2.26. The van der Waals surface area contributed by atoms with Gasteiger partial charge < -0.3 is 20.1 Å². The molecule has 0 spiro atoms. The first-order valence-electron chi connectivity index (χ1n) is 7.46. The monoisotopic (exact) mass is 296 g/mol. The Kier molecular flexibility index (Phi) is 5.30. The Morgan fingerprint density at radius 3 is 2.76 bits per heavy atom. The van der Waals surface area contributed by atoms with E-state index in [-0.39, 0.29) is 12.1 Å². The van der Waals surface area contributed by atoms with Crippen molar-refractivity contribution in [2.75, 3.05) is 32.5 Å². The largest absolute Gasteiger partial charge is 0.478 e. The average Bonchev–Trinajstić information content (AvgIpc) is 2.88. The first-order chi connectivity index (χ1) is 10.2. The zero-order chi connectivity index (χ0) is 15.2. The van der Waals surface area contributed by atoms with Crippen LogP contribution in [0.1, 0.15) is 38.6 Å². The first kappa shape index (κ1) is 15.5. The summed E-state index contributed by atoms with van der Waals surface area (Å²) in [5.41, 5.74) is 6.35. The van der Waals surface area contributed by atoms with Crippen molar-refractivity contribution in [2.24, 2.45) is 0 Å². The van der Waals surface area contributed by atoms with Gasteiger partial charge in [-0.3, -0.25) is 4.68 Å². The second-order valence-corrected chi connectivity index (χ2v) is 5.26. The van der Waals surface area contributed by atoms with Crippen molar-refractivity contribution >= 4 is 11.8 Å². The van der Waals surface area contributed by atoms with Crippen LogP contribution in [0.15, 0.2) is 6.20 Å². The van der Waals surface area contributed by atoms with Gasteiger partial charge in [-0.15, -0.1) is 5.10 Å². The lowest BCUT2D eigenvalue weighted by molar-refractivity contribution is 0.0863. The highest BCUT2D eigenvalue weighted by molar-refractivity contribution is 5.67. The standard InChI is InChI=1S/C14H24N4O3/c1-3-4-9-21-14(19)17-7-5-11(6-8-17)18-10-12(15)13(16-18)20-2/h10-11H,3-9,15H2,1-2H3. The number of nitrogen functional groups attached to an aromatic ring is 1. The van der Waals surface area contributed by atoms with Gasteiger partial charge in [-0.1, -0.05) is 13.3 Å². The fourth-order valence-corrected chi connectivity index (χ4v) is 2.44. The zero-order valence-corrected chi connectivity index (χ0v) is 12.7. The molecule has 0 unspecified atom stereocenters. The summed E-state index contributed by atoms with van der Waals surface area (Å²) in [4.78, 5) is 13.6. The minimum absolute atomic E-state index is 0.209. The predicted octanol–water partition coefficient (Wildman–Crippen LogP) is 2.05. The molecule has 118 valence electrons. The predicted molar refractivity (Wildman–Crippen MR) is 79.3 cm³/mol. The highest BCUT2D eigenvalue weighted by Gasteiger charge is 2.25. The van der Waals surface area contributed by atoms with Crippen molar-refractivity contribution in [1.29, 1.82) is 0 Å². The average molecular weight is 296 g/mol. The number of ether oxygens (including phenoxy) is 2. The summed E-state index contributed by atoms with van der Waals surface area (Å²) < 4.78 is 12.2. The first-order valence-corrected chi connectivity index (χ1v) is 7.46. The minimum atomic E-state index is -0.209. The van der Waals surface area contributed by atoms with Crippen molar-refractivity contribution in [1.82, 2.24) is 14.7 Å². The summed E-state index contributed by atoms with van der Waals surface area (Å²) in [6.45, 7) is 3.93. The van der Waals surface area contributed by atoms with Gasteiger partial charge in [0.2, 0.25) is 0 Å². The number of hydrogen-bond donors (Lipinski definition) is 1. The van der Waals surface area contributed by atoms with E-state index in [0.29, 0.717) is 31.3 Å². The van der Waals surface area contributed by atoms with Crippen molar-refractivity contribution < 1.29 is 14.3 Å². The smallest absolute Gasteiger partial charge is 0.409 e. The van der Waals surface area contributed by atoms with E-state index in [2.05, 4.69) is 12.0 Å². The molecule has 0 aromatic carbocycles. The molecule has 1 amide bonds. The second kappa shape index (κ2) is 7.19. The fraction of sp³-hybridized carbons (Fsp3) is 0.714. The Balaban J connectivity index is 1.83. The van der Waals surface area contributed by atoms with Crippen LogP contribution in [0.5, 0.6) is 5.88 Å². The van der Waals surface area contributed by atoms with Gasteiger partial charge >= 0.3 is 6.09 Å². The molecule has 0 saturated carbocycles. The summed E-state index contributed by atoms with van der Waals surface area (Å²) in [6.07, 6.45) is 5.20. The number of likely N-dealkylation sites (tertiary alicyclic amines) is 1. The summed E-state index contributed by atoms with van der Waals surface area (Å²) in [7, 11) is 1.55. The van der Waals surface area contributed by atoms with Crippen LogP contribution in [0.3, 0.4) is 0 Å². The molecule has 1 fully saturated rings. The van der Waals surface area contributed by atoms with Gasteiger partial charge in [0.15, 0.2) is 0 Å². The van der Waals surface area contributed by atoms with Crippen molar-refractivity contribution in [2.45, 2.75) is 38.6 Å². The number of hydrogen-bond acceptors (Lipinski definition) is 5. The van der Waals surface area contributed by atoms with E-state index in [1.165, 1.54) is 0 Å². The van der Waals surface area contributed by atoms with Crippen LogP contribution in [-0.4, -0.2) is 47.6 Å². The molecule has 1 aromatic rings. The molecular weight excluding hydrogens is 272 g/mol. The van der Waals surface area contributed by atoms with E-state index in [9.17, 15) is 4.79 Å². The number of nitrogens with two attached hydrogens (primary N) is 1. The third-order valence-corrected chi connectivity index (χ3v) is 3.74. The van der Waals surface area contributed by atoms with Crippen molar-refractivity contribution in [3.63, 3.8) is 0 Å². The van der Waals surface area contributed by atoms with Gasteiger partial charge in [0.05, 0.1) is 26.0 Å². The van der Waals surface area contributed by atoms with Crippen LogP contribution in [0.2, 0.25) is 0 Å². The van der Waals surface area contributed by atoms with Gasteiger partial charge in [-0.05, 0) is 19.3 Å². The number of unbranched alkanes of at least 4 members (excludes halogenated alkanes) is 1. The lowest BCUT2D eigenvalue weighted by Crippen LogP contribution is -2.39. The summed E-state index contributed by atoms with van der Waals surface area (Å²) in [5.74, 6) is 0.455. The third kappa shape index (κ3) is 3.80. The number of carbonyl (C=O) groups is 1. The lowest BCUT2D eigenvalue weighted by atomic mass is 10.1. The van der Waals surface area contributed by atoms with Crippen LogP contribution in [0.4, 0.5) is 10.5 Å². The van der Waals surface area contributed by atoms with Crippen LogP contribution in [0.25, 0.3) is 0 Å². The number of carbonyl (C=O) groups excluding carboxylic acids is 1. The number of piperidine rings is 1. The van der Waals surface area contributed by atoms with E-state index in [0.717, 1.165) is 25.7 Å². The number of aromatic nitrogens is 2. The number of methoxy groups -OCH3 is 1. The van der Waals surface area contributed by atoms with Gasteiger partial charge in [-0.25, -0.2) is 4.79 Å². The molecule has 0 aliphatic carbocycles. The van der Waals surface area contributed by atoms with Gasteiger partial charge in [0.25, 0.3) is 5.88 Å². The molecule has 1 aliphatic rings. The normalized spacial score (nSPS) is 16.0. The third-order valence-electron chi connectivity index (χ3n) is 3.74. The Morgan fingerprint density at radius 1 is 1.48 bits per heavy atom. The molecule has 2 heterocycles. The maximum Gasteiger partial charge on any atom is 0.409 e. The summed E-state index contributed by atoms with van der Waals surface area (Å²) in [6, 6.07) is 0.246. The van der Waals surface area contributed by atoms with Crippen molar-refractivity contribution in [3.8, 4) is 5.88 Å². The zero-order valence-electron chi connectivity index (χ0n) is 12.7. The molecule has 21 heavy (non-hydrogen) atoms. The lowest BCUT2D eigenvalue weighted by Gasteiger charge is -2.31. The molecule has 1 aliphatic heterocycles. The number of nitrogens with zero attached hydrogens (tertiary/aromatic N) is 3. The SMILES string of the molecule is CCCCOC(=O)N1CCC(n2cc(N)c(OC)n2)CC1. The van der Waals surface area contributed by atoms with E-state index >= 15 is 0 Å². The highest BCUT2D eigenvalue weighted by atomic mass is 16.6. The maximum atomic E-state index is 11.9. The molecule has 1 aromatic heterocycles. The van der Waals surface area contributed by atoms with Gasteiger partial charge in [-0.2, -0.15) is 0 Å². The second-order valence-electron chi connectivity index (χ2n) is 5.26. The molecule has 7 nitrogen and oxygen atoms in total. The fourth-order valence-electron chi connectivity index (χ4n) is 2.44. The summed E-state index contributed by atoms with van der Waals surface area (Å²) >= 11 is 0. The van der Waals surface area contributed by atoms with Gasteiger partial charge in [0.1, 0.15) is 5.69 Å². The van der Waals surface area contributed by atoms with Crippen LogP contribution in [-0.2, 0) is 4.74 Å². The Bertz CT molecular complexity index is 467. The number of anilines is 1. The molecule has 1 saturated heterocycles. The van der Waals surface area contributed by atoms with E-state index in [1.807, 2.05) is 4.68 Å². The minimum Gasteiger partial charge on any atom is -0.478 e. The number of rotatable bonds is 5. The molecular formula is C14H24N4O3. The molecule has 2 N–H and O–H groups in total. The number of amides is 1. The maximum absolute atomic E-state index is 11.9. The van der Waals surface area contributed by atoms with Crippen molar-refractivity contribution in [3.05, 3.63) is 6.20 Å². The van der Waals surface area contributed by atoms with Crippen LogP contribution < -0.4 is 10.5 Å². The summed E-state index contributed by atoms with van der Waals surface area (Å²) in [5, 5.41) is 4.32. The molecule has 0 radical (unpaired) electrons. The Hall–Kier alpha value is -1.92. The van der Waals surface area contributed by atoms with E-state index < -0.39 is 0 Å². The van der Waals surface area contributed by atoms with Crippen LogP contribution >= 0.6 is 0 Å². The van der Waals surface area contributed by atoms with E-state index in [1.54, 1.807) is 18.2 Å². The molecule has 7 heteroatoms. The Labute approximate surface area is 125 Å². The molecule has 0 bridgehead atoms. The Morgan fingerprint density at radius 2 is 2.19 bits per heavy atom. The molecule has 2 rings (SSSR count). The van der Waals surface area contributed by atoms with E-state index in [4.69, 9.17) is 15.2 Å².